The van der Waals surface area contributed by atoms with Crippen LogP contribution >= 0.6 is 0 Å². The van der Waals surface area contributed by atoms with Crippen LogP contribution in [-0.4, -0.2) is 19.1 Å². The highest BCUT2D eigenvalue weighted by molar-refractivity contribution is 5.27. The number of benzene rings is 2. The van der Waals surface area contributed by atoms with Crippen LogP contribution in [0.4, 0.5) is 4.39 Å². The molecule has 0 radical (unpaired) electrons. The van der Waals surface area contributed by atoms with E-state index in [1.165, 1.54) is 24.8 Å². The molecule has 2 aromatic carbocycles. The van der Waals surface area contributed by atoms with E-state index in [1.807, 2.05) is 19.1 Å². The highest BCUT2D eigenvalue weighted by Crippen LogP contribution is 2.47. The predicted octanol–water partition coefficient (Wildman–Crippen LogP) is 4.40. The highest BCUT2D eigenvalue weighted by Gasteiger charge is 2.45. The van der Waals surface area contributed by atoms with Gasteiger partial charge in [0.2, 0.25) is 0 Å². The molecule has 0 amide bonds. The van der Waals surface area contributed by atoms with E-state index < -0.39 is 0 Å². The lowest BCUT2D eigenvalue weighted by Gasteiger charge is -2.21. The summed E-state index contributed by atoms with van der Waals surface area (Å²) in [6.07, 6.45) is 3.78. The normalized spacial score (nSPS) is 24.7. The van der Waals surface area contributed by atoms with Crippen LogP contribution < -0.4 is 10.6 Å². The molecule has 2 unspecified atom stereocenters. The topological polar surface area (TPSA) is 24.1 Å². The van der Waals surface area contributed by atoms with E-state index in [2.05, 4.69) is 41.0 Å². The molecule has 0 heterocycles. The maximum Gasteiger partial charge on any atom is 0.127 e. The fraction of sp³-hybridized carbons (Fsp3) is 0.455. The monoisotopic (exact) mass is 338 g/mol. The van der Waals surface area contributed by atoms with Crippen LogP contribution in [0.15, 0.2) is 54.6 Å². The van der Waals surface area contributed by atoms with Gasteiger partial charge < -0.3 is 10.6 Å². The molecule has 2 aliphatic carbocycles. The molecule has 3 heteroatoms. The van der Waals surface area contributed by atoms with E-state index >= 15 is 0 Å². The molecular formula is C22H27FN2. The molecule has 0 saturated heterocycles. The molecule has 2 nitrogen and oxygen atoms in total. The molecule has 2 aliphatic rings. The van der Waals surface area contributed by atoms with Crippen molar-refractivity contribution in [1.82, 2.24) is 10.6 Å². The molecule has 0 aromatic heterocycles. The van der Waals surface area contributed by atoms with Crippen molar-refractivity contribution in [2.24, 2.45) is 5.41 Å². The molecule has 2 N–H and O–H groups in total. The van der Waals surface area contributed by atoms with E-state index in [-0.39, 0.29) is 11.9 Å². The minimum Gasteiger partial charge on any atom is -0.313 e. The minimum atomic E-state index is -0.117. The van der Waals surface area contributed by atoms with Gasteiger partial charge in [0.15, 0.2) is 0 Å². The van der Waals surface area contributed by atoms with E-state index in [1.54, 1.807) is 12.1 Å². The van der Waals surface area contributed by atoms with Crippen molar-refractivity contribution >= 4 is 0 Å². The first-order chi connectivity index (χ1) is 12.2. The summed E-state index contributed by atoms with van der Waals surface area (Å²) < 4.78 is 13.9. The lowest BCUT2D eigenvalue weighted by molar-refractivity contribution is 0.394. The van der Waals surface area contributed by atoms with Crippen LogP contribution in [0.2, 0.25) is 0 Å². The van der Waals surface area contributed by atoms with Crippen molar-refractivity contribution in [2.75, 3.05) is 13.1 Å². The Labute approximate surface area is 149 Å². The van der Waals surface area contributed by atoms with E-state index in [0.717, 1.165) is 18.7 Å². The van der Waals surface area contributed by atoms with E-state index in [0.29, 0.717) is 17.4 Å². The van der Waals surface area contributed by atoms with Gasteiger partial charge in [0.25, 0.3) is 0 Å². The van der Waals surface area contributed by atoms with Crippen LogP contribution in [0.3, 0.4) is 0 Å². The predicted molar refractivity (Wildman–Crippen MR) is 100 cm³/mol. The zero-order chi connectivity index (χ0) is 17.3. The second-order valence-electron chi connectivity index (χ2n) is 7.86. The average Bonchev–Trinajstić information content (AvgIpc) is 3.55. The summed E-state index contributed by atoms with van der Waals surface area (Å²) in [6.45, 7) is 4.07. The van der Waals surface area contributed by atoms with Crippen LogP contribution in [0.25, 0.3) is 0 Å². The fourth-order valence-corrected chi connectivity index (χ4v) is 3.74. The zero-order valence-electron chi connectivity index (χ0n) is 14.8. The van der Waals surface area contributed by atoms with Gasteiger partial charge in [-0.05, 0) is 43.2 Å². The maximum absolute atomic E-state index is 13.9. The summed E-state index contributed by atoms with van der Waals surface area (Å²) in [5.74, 6) is 0.566. The number of hydrogen-bond acceptors (Lipinski definition) is 2. The van der Waals surface area contributed by atoms with Crippen LogP contribution in [-0.2, 0) is 0 Å². The van der Waals surface area contributed by atoms with Gasteiger partial charge in [0.05, 0.1) is 0 Å². The molecule has 3 atom stereocenters. The Kier molecular flexibility index (Phi) is 4.61. The molecule has 0 aliphatic heterocycles. The van der Waals surface area contributed by atoms with Crippen molar-refractivity contribution in [1.29, 1.82) is 0 Å². The summed E-state index contributed by atoms with van der Waals surface area (Å²) in [5.41, 5.74) is 2.58. The van der Waals surface area contributed by atoms with Crippen LogP contribution in [0.5, 0.6) is 0 Å². The molecular weight excluding hydrogens is 311 g/mol. The smallest absolute Gasteiger partial charge is 0.127 e. The van der Waals surface area contributed by atoms with Crippen molar-refractivity contribution in [3.05, 3.63) is 71.5 Å². The minimum absolute atomic E-state index is 0.0525. The van der Waals surface area contributed by atoms with Crippen LogP contribution in [0.1, 0.15) is 49.3 Å². The Morgan fingerprint density at radius 2 is 1.76 bits per heavy atom. The van der Waals surface area contributed by atoms with Gasteiger partial charge in [0, 0.05) is 36.7 Å². The van der Waals surface area contributed by atoms with Gasteiger partial charge in [0.1, 0.15) is 5.82 Å². The van der Waals surface area contributed by atoms with Crippen molar-refractivity contribution in [2.45, 2.75) is 44.2 Å². The third kappa shape index (κ3) is 3.94. The number of rotatable bonds is 8. The van der Waals surface area contributed by atoms with E-state index in [9.17, 15) is 4.39 Å². The lowest BCUT2D eigenvalue weighted by Crippen LogP contribution is -2.35. The Hall–Kier alpha value is -1.71. The third-order valence-corrected chi connectivity index (χ3v) is 5.87. The van der Waals surface area contributed by atoms with Gasteiger partial charge in [-0.2, -0.15) is 0 Å². The summed E-state index contributed by atoms with van der Waals surface area (Å²) in [4.78, 5) is 0. The summed E-state index contributed by atoms with van der Waals surface area (Å²) in [7, 11) is 0. The molecule has 132 valence electrons. The quantitative estimate of drug-likeness (QED) is 0.745. The van der Waals surface area contributed by atoms with Gasteiger partial charge in [-0.15, -0.1) is 0 Å². The maximum atomic E-state index is 13.9. The van der Waals surface area contributed by atoms with Crippen molar-refractivity contribution < 1.29 is 4.39 Å². The summed E-state index contributed by atoms with van der Waals surface area (Å²) in [6, 6.07) is 18.5. The Morgan fingerprint density at radius 3 is 2.48 bits per heavy atom. The van der Waals surface area contributed by atoms with Crippen molar-refractivity contribution in [3.63, 3.8) is 0 Å². The average molecular weight is 338 g/mol. The Morgan fingerprint density at radius 1 is 1.04 bits per heavy atom. The van der Waals surface area contributed by atoms with Gasteiger partial charge >= 0.3 is 0 Å². The Balaban J connectivity index is 1.24. The molecule has 25 heavy (non-hydrogen) atoms. The second-order valence-corrected chi connectivity index (χ2v) is 7.86. The molecule has 2 saturated carbocycles. The van der Waals surface area contributed by atoms with Crippen molar-refractivity contribution in [3.8, 4) is 0 Å². The zero-order valence-corrected chi connectivity index (χ0v) is 14.8. The first-order valence-corrected chi connectivity index (χ1v) is 9.43. The summed E-state index contributed by atoms with van der Waals surface area (Å²) >= 11 is 0. The standard InChI is InChI=1S/C22H27FN2/c1-16(18-9-5-6-10-20(18)23)24-14-22(11-12-22)15-25-21-13-19(21)17-7-3-2-4-8-17/h2-10,16,19,21,24-25H,11-15H2,1H3/t16?,19?,21-/m0/s1. The molecule has 0 bridgehead atoms. The SMILES string of the molecule is CC(NCC1(CN[C@H]2CC2c2ccccc2)CC1)c1ccccc1F. The van der Waals surface area contributed by atoms with Gasteiger partial charge in [-0.25, -0.2) is 4.39 Å². The second kappa shape index (κ2) is 6.89. The molecule has 4 rings (SSSR count). The van der Waals surface area contributed by atoms with Crippen LogP contribution in [0, 0.1) is 11.2 Å². The number of nitrogens with one attached hydrogen (secondary N) is 2. The van der Waals surface area contributed by atoms with Gasteiger partial charge in [-0.3, -0.25) is 0 Å². The molecule has 0 spiro atoms. The fourth-order valence-electron chi connectivity index (χ4n) is 3.74. The summed E-state index contributed by atoms with van der Waals surface area (Å²) in [5, 5.41) is 7.32. The number of hydrogen-bond donors (Lipinski definition) is 2. The highest BCUT2D eigenvalue weighted by atomic mass is 19.1. The Bertz CT molecular complexity index is 711. The van der Waals surface area contributed by atoms with E-state index in [4.69, 9.17) is 0 Å². The lowest BCUT2D eigenvalue weighted by atomic mass is 10.0. The van der Waals surface area contributed by atoms with Gasteiger partial charge in [-0.1, -0.05) is 48.5 Å². The first kappa shape index (κ1) is 16.7. The third-order valence-electron chi connectivity index (χ3n) is 5.87. The number of halogens is 1. The molecule has 2 fully saturated rings. The molecule has 2 aromatic rings. The largest absolute Gasteiger partial charge is 0.313 e. The first-order valence-electron chi connectivity index (χ1n) is 9.43.